The van der Waals surface area contributed by atoms with Gasteiger partial charge in [0.2, 0.25) is 5.91 Å². The van der Waals surface area contributed by atoms with Gasteiger partial charge in [-0.15, -0.1) is 0 Å². The monoisotopic (exact) mass is 288 g/mol. The summed E-state index contributed by atoms with van der Waals surface area (Å²) in [5, 5.41) is 3.44. The summed E-state index contributed by atoms with van der Waals surface area (Å²) in [5.74, 6) is 1.09. The van der Waals surface area contributed by atoms with Crippen molar-refractivity contribution in [2.45, 2.75) is 57.3 Å². The molecule has 0 spiro atoms. The predicted octanol–water partition coefficient (Wildman–Crippen LogP) is 2.85. The number of rotatable bonds is 3. The molecule has 0 radical (unpaired) electrons. The summed E-state index contributed by atoms with van der Waals surface area (Å²) in [7, 11) is 1.67. The first-order chi connectivity index (χ1) is 10.2. The van der Waals surface area contributed by atoms with Crippen molar-refractivity contribution in [2.24, 2.45) is 0 Å². The predicted molar refractivity (Wildman–Crippen MR) is 82.1 cm³/mol. The first-order valence-electron chi connectivity index (χ1n) is 7.93. The Kier molecular flexibility index (Phi) is 4.15. The van der Waals surface area contributed by atoms with Crippen LogP contribution in [0.5, 0.6) is 5.75 Å². The van der Waals surface area contributed by atoms with Gasteiger partial charge in [0, 0.05) is 6.04 Å². The number of nitrogens with zero attached hydrogens (tertiary/aromatic N) is 1. The number of hydrogen-bond acceptors (Lipinski definition) is 3. The lowest BCUT2D eigenvalue weighted by Crippen LogP contribution is -2.41. The first kappa shape index (κ1) is 14.4. The van der Waals surface area contributed by atoms with Crippen molar-refractivity contribution in [2.75, 3.05) is 7.11 Å². The third kappa shape index (κ3) is 2.77. The van der Waals surface area contributed by atoms with Gasteiger partial charge < -0.3 is 9.64 Å². The molecule has 2 fully saturated rings. The first-order valence-corrected chi connectivity index (χ1v) is 7.93. The lowest BCUT2D eigenvalue weighted by atomic mass is 9.93. The van der Waals surface area contributed by atoms with Gasteiger partial charge in [-0.3, -0.25) is 10.1 Å². The van der Waals surface area contributed by atoms with E-state index in [2.05, 4.69) is 22.3 Å². The van der Waals surface area contributed by atoms with Crippen molar-refractivity contribution in [3.05, 3.63) is 29.8 Å². The van der Waals surface area contributed by atoms with Crippen LogP contribution in [0.15, 0.2) is 24.3 Å². The summed E-state index contributed by atoms with van der Waals surface area (Å²) in [6, 6.07) is 8.32. The Labute approximate surface area is 126 Å². The van der Waals surface area contributed by atoms with Crippen molar-refractivity contribution in [1.82, 2.24) is 10.2 Å². The maximum Gasteiger partial charge on any atom is 0.241 e. The summed E-state index contributed by atoms with van der Waals surface area (Å²) in [6.45, 7) is 1.96. The second-order valence-electron chi connectivity index (χ2n) is 6.10. The topological polar surface area (TPSA) is 41.6 Å². The van der Waals surface area contributed by atoms with Crippen LogP contribution in [0.4, 0.5) is 0 Å². The Balaban J connectivity index is 1.85. The van der Waals surface area contributed by atoms with Gasteiger partial charge in [-0.25, -0.2) is 0 Å². The highest BCUT2D eigenvalue weighted by molar-refractivity contribution is 5.84. The Morgan fingerprint density at radius 2 is 1.81 bits per heavy atom. The van der Waals surface area contributed by atoms with E-state index < -0.39 is 0 Å². The number of carbonyl (C=O) groups excluding carboxylic acids is 1. The molecule has 2 atom stereocenters. The molecular weight excluding hydrogens is 264 g/mol. The molecule has 1 N–H and O–H groups in total. The highest BCUT2D eigenvalue weighted by atomic mass is 16.5. The molecule has 3 rings (SSSR count). The number of carbonyl (C=O) groups is 1. The second-order valence-corrected chi connectivity index (χ2v) is 6.10. The average molecular weight is 288 g/mol. The molecule has 2 unspecified atom stereocenters. The van der Waals surface area contributed by atoms with E-state index in [0.29, 0.717) is 6.04 Å². The number of ether oxygens (including phenoxy) is 1. The van der Waals surface area contributed by atoms with Crippen LogP contribution >= 0.6 is 0 Å². The van der Waals surface area contributed by atoms with Crippen LogP contribution < -0.4 is 10.1 Å². The molecule has 2 aliphatic rings. The molecule has 1 aliphatic heterocycles. The van der Waals surface area contributed by atoms with Crippen molar-refractivity contribution in [3.8, 4) is 5.75 Å². The normalized spacial score (nSPS) is 27.1. The molecule has 1 saturated heterocycles. The summed E-state index contributed by atoms with van der Waals surface area (Å²) < 4.78 is 5.22. The number of methoxy groups -OCH3 is 1. The fourth-order valence-corrected chi connectivity index (χ4v) is 3.53. The van der Waals surface area contributed by atoms with E-state index in [1.54, 1.807) is 7.11 Å². The number of benzene rings is 1. The smallest absolute Gasteiger partial charge is 0.241 e. The van der Waals surface area contributed by atoms with E-state index >= 15 is 0 Å². The highest BCUT2D eigenvalue weighted by Crippen LogP contribution is 2.33. The number of hydrogen-bond donors (Lipinski definition) is 1. The molecule has 114 valence electrons. The highest BCUT2D eigenvalue weighted by Gasteiger charge is 2.41. The SMILES string of the molecule is COc1ccc(C2NC(C)C(=O)N2C2CCCCC2)cc1. The summed E-state index contributed by atoms with van der Waals surface area (Å²) in [5.41, 5.74) is 1.14. The van der Waals surface area contributed by atoms with E-state index in [0.717, 1.165) is 24.2 Å². The van der Waals surface area contributed by atoms with Crippen molar-refractivity contribution in [3.63, 3.8) is 0 Å². The summed E-state index contributed by atoms with van der Waals surface area (Å²) in [6.07, 6.45) is 6.03. The third-order valence-electron chi connectivity index (χ3n) is 4.71. The van der Waals surface area contributed by atoms with Crippen LogP contribution in [0.2, 0.25) is 0 Å². The van der Waals surface area contributed by atoms with E-state index in [9.17, 15) is 4.79 Å². The quantitative estimate of drug-likeness (QED) is 0.930. The molecule has 0 aromatic heterocycles. The van der Waals surface area contributed by atoms with Crippen molar-refractivity contribution < 1.29 is 9.53 Å². The summed E-state index contributed by atoms with van der Waals surface area (Å²) >= 11 is 0. The standard InChI is InChI=1S/C17H24N2O2/c1-12-17(20)19(14-6-4-3-5-7-14)16(18-12)13-8-10-15(21-2)11-9-13/h8-12,14,16,18H,3-7H2,1-2H3. The van der Waals surface area contributed by atoms with Crippen LogP contribution in [0, 0.1) is 0 Å². The van der Waals surface area contributed by atoms with E-state index in [4.69, 9.17) is 4.74 Å². The Bertz CT molecular complexity index is 494. The largest absolute Gasteiger partial charge is 0.497 e. The van der Waals surface area contributed by atoms with Gasteiger partial charge in [0.1, 0.15) is 11.9 Å². The van der Waals surface area contributed by atoms with Crippen LogP contribution in [-0.4, -0.2) is 30.0 Å². The van der Waals surface area contributed by atoms with E-state index in [1.807, 2.05) is 19.1 Å². The minimum absolute atomic E-state index is 0.00139. The Morgan fingerprint density at radius 1 is 1.14 bits per heavy atom. The third-order valence-corrected chi connectivity index (χ3v) is 4.71. The molecular formula is C17H24N2O2. The zero-order chi connectivity index (χ0) is 14.8. The zero-order valence-electron chi connectivity index (χ0n) is 12.8. The molecule has 1 heterocycles. The maximum absolute atomic E-state index is 12.6. The fourth-order valence-electron chi connectivity index (χ4n) is 3.53. The van der Waals surface area contributed by atoms with Crippen LogP contribution in [-0.2, 0) is 4.79 Å². The minimum Gasteiger partial charge on any atom is -0.497 e. The fraction of sp³-hybridized carbons (Fsp3) is 0.588. The number of nitrogens with one attached hydrogen (secondary N) is 1. The molecule has 1 aliphatic carbocycles. The molecule has 4 nitrogen and oxygen atoms in total. The maximum atomic E-state index is 12.6. The molecule has 1 amide bonds. The lowest BCUT2D eigenvalue weighted by Gasteiger charge is -2.35. The molecule has 1 aromatic carbocycles. The van der Waals surface area contributed by atoms with Crippen LogP contribution in [0.1, 0.15) is 50.8 Å². The van der Waals surface area contributed by atoms with Crippen molar-refractivity contribution >= 4 is 5.91 Å². The van der Waals surface area contributed by atoms with Crippen LogP contribution in [0.3, 0.4) is 0 Å². The van der Waals surface area contributed by atoms with Gasteiger partial charge >= 0.3 is 0 Å². The molecule has 21 heavy (non-hydrogen) atoms. The van der Waals surface area contributed by atoms with Gasteiger partial charge in [-0.05, 0) is 37.5 Å². The minimum atomic E-state index is -0.0981. The second kappa shape index (κ2) is 6.06. The Hall–Kier alpha value is -1.55. The lowest BCUT2D eigenvalue weighted by molar-refractivity contribution is -0.132. The van der Waals surface area contributed by atoms with E-state index in [-0.39, 0.29) is 18.1 Å². The molecule has 1 aromatic rings. The number of amides is 1. The molecule has 0 bridgehead atoms. The van der Waals surface area contributed by atoms with Gasteiger partial charge in [-0.1, -0.05) is 31.4 Å². The Morgan fingerprint density at radius 3 is 2.43 bits per heavy atom. The molecule has 1 saturated carbocycles. The van der Waals surface area contributed by atoms with Crippen molar-refractivity contribution in [1.29, 1.82) is 0 Å². The average Bonchev–Trinajstić information content (AvgIpc) is 2.84. The molecule has 4 heteroatoms. The van der Waals surface area contributed by atoms with Gasteiger partial charge in [-0.2, -0.15) is 0 Å². The zero-order valence-corrected chi connectivity index (χ0v) is 12.8. The van der Waals surface area contributed by atoms with E-state index in [1.165, 1.54) is 19.3 Å². The van der Waals surface area contributed by atoms with Gasteiger partial charge in [0.05, 0.1) is 13.2 Å². The summed E-state index contributed by atoms with van der Waals surface area (Å²) in [4.78, 5) is 14.6. The van der Waals surface area contributed by atoms with Crippen LogP contribution in [0.25, 0.3) is 0 Å². The van der Waals surface area contributed by atoms with Gasteiger partial charge in [0.25, 0.3) is 0 Å². The van der Waals surface area contributed by atoms with Gasteiger partial charge in [0.15, 0.2) is 0 Å².